The van der Waals surface area contributed by atoms with Gasteiger partial charge in [0.05, 0.1) is 5.60 Å². The summed E-state index contributed by atoms with van der Waals surface area (Å²) in [7, 11) is 0. The van der Waals surface area contributed by atoms with Crippen molar-refractivity contribution < 1.29 is 5.11 Å². The third-order valence-corrected chi connectivity index (χ3v) is 6.16. The summed E-state index contributed by atoms with van der Waals surface area (Å²) in [6, 6.07) is 5.53. The minimum Gasteiger partial charge on any atom is -0.385 e. The molecular weight excluding hydrogens is 329 g/mol. The zero-order valence-electron chi connectivity index (χ0n) is 13.7. The molecule has 1 saturated heterocycles. The predicted octanol–water partition coefficient (Wildman–Crippen LogP) is 5.25. The Morgan fingerprint density at radius 3 is 2.48 bits per heavy atom. The molecule has 23 heavy (non-hydrogen) atoms. The summed E-state index contributed by atoms with van der Waals surface area (Å²) >= 11 is 12.5. The number of nitrogens with zero attached hydrogens (tertiary/aromatic N) is 1. The molecule has 128 valence electrons. The summed E-state index contributed by atoms with van der Waals surface area (Å²) in [6.07, 6.45) is 9.39. The van der Waals surface area contributed by atoms with Crippen molar-refractivity contribution >= 4 is 23.2 Å². The monoisotopic (exact) mass is 355 g/mol. The molecule has 2 atom stereocenters. The Bertz CT molecular complexity index is 528. The number of rotatable bonds is 3. The minimum atomic E-state index is -0.813. The van der Waals surface area contributed by atoms with Crippen molar-refractivity contribution in [2.45, 2.75) is 57.0 Å². The lowest BCUT2D eigenvalue weighted by molar-refractivity contribution is -0.0653. The number of halogens is 2. The Labute approximate surface area is 149 Å². The van der Waals surface area contributed by atoms with Gasteiger partial charge in [-0.05, 0) is 50.9 Å². The van der Waals surface area contributed by atoms with Crippen LogP contribution in [-0.2, 0) is 5.60 Å². The Morgan fingerprint density at radius 1 is 1.04 bits per heavy atom. The maximum Gasteiger partial charge on any atom is 0.0951 e. The predicted molar refractivity (Wildman–Crippen MR) is 97.2 cm³/mol. The van der Waals surface area contributed by atoms with Gasteiger partial charge in [-0.3, -0.25) is 0 Å². The van der Waals surface area contributed by atoms with Gasteiger partial charge in [0.25, 0.3) is 0 Å². The fraction of sp³-hybridized carbons (Fsp3) is 0.684. The van der Waals surface area contributed by atoms with E-state index in [0.29, 0.717) is 10.0 Å². The maximum atomic E-state index is 11.5. The Hall–Kier alpha value is -0.280. The third kappa shape index (κ3) is 4.04. The molecule has 0 spiro atoms. The molecule has 0 radical (unpaired) electrons. The van der Waals surface area contributed by atoms with E-state index >= 15 is 0 Å². The van der Waals surface area contributed by atoms with Gasteiger partial charge in [0.2, 0.25) is 0 Å². The van der Waals surface area contributed by atoms with Crippen molar-refractivity contribution in [3.63, 3.8) is 0 Å². The summed E-state index contributed by atoms with van der Waals surface area (Å²) in [6.45, 7) is 3.32. The highest BCUT2D eigenvalue weighted by molar-refractivity contribution is 6.35. The lowest BCUT2D eigenvalue weighted by Crippen LogP contribution is -2.45. The van der Waals surface area contributed by atoms with Crippen LogP contribution < -0.4 is 0 Å². The molecule has 4 heteroatoms. The number of hydrogen-bond donors (Lipinski definition) is 1. The smallest absolute Gasteiger partial charge is 0.0951 e. The molecular formula is C19H27Cl2NO. The molecule has 2 unspecified atom stereocenters. The zero-order valence-corrected chi connectivity index (χ0v) is 15.2. The van der Waals surface area contributed by atoms with E-state index in [1.165, 1.54) is 45.2 Å². The van der Waals surface area contributed by atoms with Gasteiger partial charge in [0, 0.05) is 28.1 Å². The Morgan fingerprint density at radius 2 is 1.78 bits per heavy atom. The van der Waals surface area contributed by atoms with Crippen LogP contribution in [0.5, 0.6) is 0 Å². The van der Waals surface area contributed by atoms with Crippen molar-refractivity contribution in [1.82, 2.24) is 4.90 Å². The van der Waals surface area contributed by atoms with Crippen LogP contribution in [0.15, 0.2) is 18.2 Å². The molecule has 0 amide bonds. The molecule has 1 heterocycles. The summed E-state index contributed by atoms with van der Waals surface area (Å²) < 4.78 is 0. The van der Waals surface area contributed by atoms with E-state index in [0.717, 1.165) is 31.4 Å². The van der Waals surface area contributed by atoms with E-state index in [9.17, 15) is 5.11 Å². The average Bonchev–Trinajstić information content (AvgIpc) is 2.78. The van der Waals surface area contributed by atoms with E-state index in [4.69, 9.17) is 23.2 Å². The van der Waals surface area contributed by atoms with E-state index in [-0.39, 0.29) is 5.92 Å². The SMILES string of the molecule is OC1(c2ccc(Cl)cc2Cl)CCCCC1CN1CCCCCC1. The first kappa shape index (κ1) is 17.5. The van der Waals surface area contributed by atoms with Crippen LogP contribution >= 0.6 is 23.2 Å². The van der Waals surface area contributed by atoms with Crippen LogP contribution in [0.2, 0.25) is 10.0 Å². The molecule has 0 bridgehead atoms. The van der Waals surface area contributed by atoms with E-state index in [1.807, 2.05) is 12.1 Å². The highest BCUT2D eigenvalue weighted by Crippen LogP contribution is 2.45. The topological polar surface area (TPSA) is 23.5 Å². The molecule has 2 aliphatic rings. The number of benzene rings is 1. The van der Waals surface area contributed by atoms with Crippen molar-refractivity contribution in [2.24, 2.45) is 5.92 Å². The van der Waals surface area contributed by atoms with Gasteiger partial charge in [-0.15, -0.1) is 0 Å². The first-order chi connectivity index (χ1) is 11.1. The number of aliphatic hydroxyl groups is 1. The lowest BCUT2D eigenvalue weighted by Gasteiger charge is -2.43. The van der Waals surface area contributed by atoms with Gasteiger partial charge >= 0.3 is 0 Å². The second kappa shape index (κ2) is 7.74. The molecule has 1 N–H and O–H groups in total. The van der Waals surface area contributed by atoms with E-state index in [1.54, 1.807) is 6.07 Å². The summed E-state index contributed by atoms with van der Waals surface area (Å²) in [4.78, 5) is 2.55. The van der Waals surface area contributed by atoms with Gasteiger partial charge in [0.15, 0.2) is 0 Å². The highest BCUT2D eigenvalue weighted by atomic mass is 35.5. The molecule has 1 aromatic carbocycles. The van der Waals surface area contributed by atoms with Crippen LogP contribution in [-0.4, -0.2) is 29.6 Å². The van der Waals surface area contributed by atoms with Crippen molar-refractivity contribution in [1.29, 1.82) is 0 Å². The Balaban J connectivity index is 1.81. The van der Waals surface area contributed by atoms with Gasteiger partial charge in [0.1, 0.15) is 0 Å². The number of hydrogen-bond acceptors (Lipinski definition) is 2. The average molecular weight is 356 g/mol. The molecule has 1 saturated carbocycles. The van der Waals surface area contributed by atoms with E-state index in [2.05, 4.69) is 4.90 Å². The third-order valence-electron chi connectivity index (χ3n) is 5.61. The quantitative estimate of drug-likeness (QED) is 0.800. The van der Waals surface area contributed by atoms with Crippen molar-refractivity contribution in [3.8, 4) is 0 Å². The van der Waals surface area contributed by atoms with Gasteiger partial charge in [-0.25, -0.2) is 0 Å². The normalized spacial score (nSPS) is 30.1. The molecule has 3 rings (SSSR count). The molecule has 2 nitrogen and oxygen atoms in total. The highest BCUT2D eigenvalue weighted by Gasteiger charge is 2.42. The standard InChI is InChI=1S/C19H27Cl2NO/c20-16-8-9-17(18(21)13-16)19(23)10-4-3-7-15(19)14-22-11-5-1-2-6-12-22/h8-9,13,15,23H,1-7,10-12,14H2. The largest absolute Gasteiger partial charge is 0.385 e. The van der Waals surface area contributed by atoms with Crippen LogP contribution in [0.1, 0.15) is 56.9 Å². The molecule has 1 aliphatic heterocycles. The molecule has 1 aromatic rings. The van der Waals surface area contributed by atoms with E-state index < -0.39 is 5.60 Å². The van der Waals surface area contributed by atoms with Gasteiger partial charge < -0.3 is 10.0 Å². The second-order valence-electron chi connectivity index (χ2n) is 7.21. The first-order valence-corrected chi connectivity index (χ1v) is 9.75. The molecule has 0 aromatic heterocycles. The van der Waals surface area contributed by atoms with Gasteiger partial charge in [-0.1, -0.05) is 55.0 Å². The van der Waals surface area contributed by atoms with Crippen LogP contribution in [0.3, 0.4) is 0 Å². The van der Waals surface area contributed by atoms with Crippen LogP contribution in [0, 0.1) is 5.92 Å². The first-order valence-electron chi connectivity index (χ1n) is 9.00. The maximum absolute atomic E-state index is 11.5. The summed E-state index contributed by atoms with van der Waals surface area (Å²) in [5.74, 6) is 0.257. The van der Waals surface area contributed by atoms with Crippen molar-refractivity contribution in [2.75, 3.05) is 19.6 Å². The summed E-state index contributed by atoms with van der Waals surface area (Å²) in [5.41, 5.74) is 0.0507. The number of likely N-dealkylation sites (tertiary alicyclic amines) is 1. The van der Waals surface area contributed by atoms with Gasteiger partial charge in [-0.2, -0.15) is 0 Å². The van der Waals surface area contributed by atoms with Crippen LogP contribution in [0.25, 0.3) is 0 Å². The summed E-state index contributed by atoms with van der Waals surface area (Å²) in [5, 5.41) is 12.7. The molecule has 1 aliphatic carbocycles. The zero-order chi connectivity index (χ0) is 16.3. The Kier molecular flexibility index (Phi) is 5.90. The fourth-order valence-electron chi connectivity index (χ4n) is 4.30. The van der Waals surface area contributed by atoms with Crippen LogP contribution in [0.4, 0.5) is 0 Å². The second-order valence-corrected chi connectivity index (χ2v) is 8.05. The van der Waals surface area contributed by atoms with Crippen molar-refractivity contribution in [3.05, 3.63) is 33.8 Å². The lowest BCUT2D eigenvalue weighted by atomic mass is 9.71. The minimum absolute atomic E-state index is 0.257. The molecule has 2 fully saturated rings. The fourth-order valence-corrected chi connectivity index (χ4v) is 4.87.